The second-order valence-electron chi connectivity index (χ2n) is 5.60. The highest BCUT2D eigenvalue weighted by molar-refractivity contribution is 7.20. The number of esters is 1. The molecule has 1 N–H and O–H groups in total. The third kappa shape index (κ3) is 3.19. The fourth-order valence-corrected chi connectivity index (χ4v) is 4.24. The van der Waals surface area contributed by atoms with E-state index in [-0.39, 0.29) is 17.9 Å². The molecule has 0 unspecified atom stereocenters. The number of hydrogen-bond donors (Lipinski definition) is 1. The first kappa shape index (κ1) is 17.3. The number of carbonyl (C=O) groups excluding carboxylic acids is 1. The number of piperazine rings is 1. The Kier molecular flexibility index (Phi) is 5.19. The largest absolute Gasteiger partial charge is 0.465 e. The van der Waals surface area contributed by atoms with Crippen LogP contribution in [0.3, 0.4) is 0 Å². The van der Waals surface area contributed by atoms with Gasteiger partial charge in [-0.1, -0.05) is 0 Å². The molecule has 0 bridgehead atoms. The van der Waals surface area contributed by atoms with E-state index in [9.17, 15) is 4.79 Å². The molecule has 3 heterocycles. The number of methoxy groups -OCH3 is 1. The number of rotatable bonds is 4. The van der Waals surface area contributed by atoms with E-state index in [0.29, 0.717) is 16.3 Å². The summed E-state index contributed by atoms with van der Waals surface area (Å²) < 4.78 is 4.85. The molecule has 0 radical (unpaired) electrons. The van der Waals surface area contributed by atoms with Gasteiger partial charge >= 0.3 is 5.97 Å². The number of aliphatic hydroxyl groups is 1. The number of carbonyl (C=O) groups is 1. The molecule has 2 aromatic heterocycles. The lowest BCUT2D eigenvalue weighted by Crippen LogP contribution is -2.47. The van der Waals surface area contributed by atoms with E-state index in [1.54, 1.807) is 0 Å². The summed E-state index contributed by atoms with van der Waals surface area (Å²) in [7, 11) is 1.37. The topological polar surface area (TPSA) is 78.8 Å². The minimum Gasteiger partial charge on any atom is -0.465 e. The number of nitrogens with zero attached hydrogens (tertiary/aromatic N) is 4. The zero-order chi connectivity index (χ0) is 17.3. The van der Waals surface area contributed by atoms with Crippen molar-refractivity contribution >= 4 is 44.9 Å². The predicted octanol–water partition coefficient (Wildman–Crippen LogP) is 1.55. The van der Waals surface area contributed by atoms with Gasteiger partial charge in [-0.25, -0.2) is 9.78 Å². The van der Waals surface area contributed by atoms with Crippen LogP contribution in [0.5, 0.6) is 0 Å². The Labute approximate surface area is 148 Å². The Balaban J connectivity index is 1.99. The van der Waals surface area contributed by atoms with Gasteiger partial charge in [-0.3, -0.25) is 4.90 Å². The Morgan fingerprint density at radius 2 is 2.04 bits per heavy atom. The molecule has 1 saturated heterocycles. The molecule has 24 heavy (non-hydrogen) atoms. The van der Waals surface area contributed by atoms with Crippen molar-refractivity contribution in [3.05, 3.63) is 15.7 Å². The molecule has 1 fully saturated rings. The van der Waals surface area contributed by atoms with E-state index in [2.05, 4.69) is 19.8 Å². The smallest absolute Gasteiger partial charge is 0.348 e. The van der Waals surface area contributed by atoms with E-state index in [1.165, 1.54) is 18.4 Å². The summed E-state index contributed by atoms with van der Waals surface area (Å²) in [5, 5.41) is 10.1. The van der Waals surface area contributed by atoms with Gasteiger partial charge in [0.05, 0.1) is 19.1 Å². The van der Waals surface area contributed by atoms with Crippen LogP contribution in [0.2, 0.25) is 5.28 Å². The van der Waals surface area contributed by atoms with Crippen molar-refractivity contribution < 1.29 is 14.6 Å². The Bertz CT molecular complexity index is 759. The molecule has 0 atom stereocenters. The van der Waals surface area contributed by atoms with Gasteiger partial charge in [0.15, 0.2) is 0 Å². The second-order valence-corrected chi connectivity index (χ2v) is 6.93. The lowest BCUT2D eigenvalue weighted by atomic mass is 10.2. The number of β-amino-alcohol motifs (C(OH)–C–C–N with tert-alkyl or cyclic N) is 1. The fraction of sp³-hybridized carbons (Fsp3) is 0.533. The predicted molar refractivity (Wildman–Crippen MR) is 94.2 cm³/mol. The molecule has 9 heteroatoms. The van der Waals surface area contributed by atoms with Crippen LogP contribution in [0.15, 0.2) is 0 Å². The third-order valence-corrected chi connectivity index (χ3v) is 5.54. The van der Waals surface area contributed by atoms with Gasteiger partial charge in [0, 0.05) is 32.7 Å². The minimum atomic E-state index is -0.370. The first-order chi connectivity index (χ1) is 11.5. The number of hydrogen-bond acceptors (Lipinski definition) is 8. The zero-order valence-electron chi connectivity index (χ0n) is 13.6. The number of anilines is 1. The average Bonchev–Trinajstić information content (AvgIpc) is 2.91. The molecular formula is C15H19ClN4O3S. The number of aryl methyl sites for hydroxylation is 1. The number of aliphatic hydroxyl groups excluding tert-OH is 1. The minimum absolute atomic E-state index is 0.162. The fourth-order valence-electron chi connectivity index (χ4n) is 2.93. The van der Waals surface area contributed by atoms with Gasteiger partial charge in [0.2, 0.25) is 5.28 Å². The van der Waals surface area contributed by atoms with Gasteiger partial charge in [-0.2, -0.15) is 4.98 Å². The van der Waals surface area contributed by atoms with E-state index < -0.39 is 0 Å². The molecule has 1 aliphatic heterocycles. The third-order valence-electron chi connectivity index (χ3n) is 4.20. The SMILES string of the molecule is COC(=O)c1sc2nc(Cl)nc(N3CCN(CCO)CC3)c2c1C. The van der Waals surface area contributed by atoms with Gasteiger partial charge in [-0.05, 0) is 24.1 Å². The van der Waals surface area contributed by atoms with Gasteiger partial charge < -0.3 is 14.7 Å². The van der Waals surface area contributed by atoms with Crippen molar-refractivity contribution in [2.75, 3.05) is 51.3 Å². The van der Waals surface area contributed by atoms with Crippen LogP contribution < -0.4 is 4.90 Å². The molecular weight excluding hydrogens is 352 g/mol. The maximum atomic E-state index is 12.0. The second kappa shape index (κ2) is 7.18. The van der Waals surface area contributed by atoms with Crippen LogP contribution in [-0.4, -0.2) is 72.4 Å². The van der Waals surface area contributed by atoms with Crippen LogP contribution in [0.25, 0.3) is 10.2 Å². The van der Waals surface area contributed by atoms with Crippen LogP contribution >= 0.6 is 22.9 Å². The average molecular weight is 371 g/mol. The first-order valence-corrected chi connectivity index (χ1v) is 8.87. The van der Waals surface area contributed by atoms with E-state index in [1.807, 2.05) is 6.92 Å². The van der Waals surface area contributed by atoms with Crippen molar-refractivity contribution in [2.45, 2.75) is 6.92 Å². The normalized spacial score (nSPS) is 15.9. The van der Waals surface area contributed by atoms with Crippen molar-refractivity contribution in [3.8, 4) is 0 Å². The summed E-state index contributed by atoms with van der Waals surface area (Å²) >= 11 is 7.37. The van der Waals surface area contributed by atoms with Crippen molar-refractivity contribution in [1.82, 2.24) is 14.9 Å². The van der Waals surface area contributed by atoms with Crippen molar-refractivity contribution in [1.29, 1.82) is 0 Å². The Morgan fingerprint density at radius 3 is 2.67 bits per heavy atom. The van der Waals surface area contributed by atoms with E-state index in [0.717, 1.165) is 42.9 Å². The summed E-state index contributed by atoms with van der Waals surface area (Å²) in [5.41, 5.74) is 0.825. The molecule has 0 amide bonds. The monoisotopic (exact) mass is 370 g/mol. The van der Waals surface area contributed by atoms with Gasteiger partial charge in [0.1, 0.15) is 15.5 Å². The molecule has 2 aromatic rings. The number of halogens is 1. The maximum absolute atomic E-state index is 12.0. The summed E-state index contributed by atoms with van der Waals surface area (Å²) in [6, 6.07) is 0. The van der Waals surface area contributed by atoms with Crippen LogP contribution in [0, 0.1) is 6.92 Å². The molecule has 0 aromatic carbocycles. The summed E-state index contributed by atoms with van der Waals surface area (Å²) in [6.45, 7) is 5.98. The highest BCUT2D eigenvalue weighted by Gasteiger charge is 2.25. The quantitative estimate of drug-likeness (QED) is 0.646. The highest BCUT2D eigenvalue weighted by Crippen LogP contribution is 2.36. The molecule has 1 aliphatic rings. The molecule has 0 saturated carbocycles. The van der Waals surface area contributed by atoms with Crippen LogP contribution in [-0.2, 0) is 4.74 Å². The summed E-state index contributed by atoms with van der Waals surface area (Å²) in [6.07, 6.45) is 0. The van der Waals surface area contributed by atoms with Crippen molar-refractivity contribution in [2.24, 2.45) is 0 Å². The van der Waals surface area contributed by atoms with E-state index >= 15 is 0 Å². The molecule has 0 spiro atoms. The number of thiophene rings is 1. The number of ether oxygens (including phenoxy) is 1. The Hall–Kier alpha value is -1.48. The molecule has 130 valence electrons. The Morgan fingerprint density at radius 1 is 1.33 bits per heavy atom. The van der Waals surface area contributed by atoms with Crippen LogP contribution in [0.4, 0.5) is 5.82 Å². The standard InChI is InChI=1S/C15H19ClN4O3S/c1-9-10-12(20-5-3-19(4-6-20)7-8-21)17-15(16)18-13(10)24-11(9)14(22)23-2/h21H,3-8H2,1-2H3. The summed E-state index contributed by atoms with van der Waals surface area (Å²) in [5.74, 6) is 0.392. The lowest BCUT2D eigenvalue weighted by Gasteiger charge is -2.35. The highest BCUT2D eigenvalue weighted by atomic mass is 35.5. The van der Waals surface area contributed by atoms with Gasteiger partial charge in [-0.15, -0.1) is 11.3 Å². The molecule has 3 rings (SSSR count). The van der Waals surface area contributed by atoms with Crippen molar-refractivity contribution in [3.63, 3.8) is 0 Å². The molecule has 7 nitrogen and oxygen atoms in total. The van der Waals surface area contributed by atoms with E-state index in [4.69, 9.17) is 21.4 Å². The molecule has 0 aliphatic carbocycles. The first-order valence-electron chi connectivity index (χ1n) is 7.68. The number of aromatic nitrogens is 2. The van der Waals surface area contributed by atoms with Gasteiger partial charge in [0.25, 0.3) is 0 Å². The maximum Gasteiger partial charge on any atom is 0.348 e. The summed E-state index contributed by atoms with van der Waals surface area (Å²) in [4.78, 5) is 26.2. The zero-order valence-corrected chi connectivity index (χ0v) is 15.2. The van der Waals surface area contributed by atoms with Crippen LogP contribution in [0.1, 0.15) is 15.2 Å². The number of fused-ring (bicyclic) bond motifs is 1. The lowest BCUT2D eigenvalue weighted by molar-refractivity contribution is 0.0605.